The van der Waals surface area contributed by atoms with Crippen LogP contribution < -0.4 is 0 Å². The summed E-state index contributed by atoms with van der Waals surface area (Å²) >= 11 is 16.9. The summed E-state index contributed by atoms with van der Waals surface area (Å²) in [6.07, 6.45) is 1.08. The smallest absolute Gasteiger partial charge is 0.0987 e. The van der Waals surface area contributed by atoms with Crippen molar-refractivity contribution in [2.45, 2.75) is 25.1 Å². The minimum Gasteiger partial charge on any atom is -0.111 e. The highest BCUT2D eigenvalue weighted by molar-refractivity contribution is 9.09. The first-order valence-corrected chi connectivity index (χ1v) is 6.58. The number of thiophene rings is 1. The Labute approximate surface area is 101 Å². The van der Waals surface area contributed by atoms with Crippen molar-refractivity contribution in [1.82, 2.24) is 0 Å². The normalized spacial score (nSPS) is 13.7. The third-order valence-electron chi connectivity index (χ3n) is 1.70. The van der Waals surface area contributed by atoms with E-state index in [2.05, 4.69) is 29.8 Å². The van der Waals surface area contributed by atoms with Crippen molar-refractivity contribution < 1.29 is 0 Å². The zero-order valence-corrected chi connectivity index (χ0v) is 11.4. The van der Waals surface area contributed by atoms with Crippen molar-refractivity contribution in [2.75, 3.05) is 0 Å². The van der Waals surface area contributed by atoms with Crippen molar-refractivity contribution in [3.63, 3.8) is 0 Å². The average Bonchev–Trinajstić information content (AvgIpc) is 2.28. The highest BCUT2D eigenvalue weighted by atomic mass is 79.9. The molecule has 1 atom stereocenters. The summed E-state index contributed by atoms with van der Waals surface area (Å²) in [7, 11) is 0. The van der Waals surface area contributed by atoms with E-state index in [1.807, 2.05) is 6.07 Å². The monoisotopic (exact) mass is 300 g/mol. The molecule has 1 rings (SSSR count). The molecule has 0 amide bonds. The van der Waals surface area contributed by atoms with Crippen LogP contribution >= 0.6 is 50.5 Å². The van der Waals surface area contributed by atoms with Crippen molar-refractivity contribution >= 4 is 50.5 Å². The lowest BCUT2D eigenvalue weighted by Crippen LogP contribution is -1.94. The molecule has 0 fully saturated rings. The molecule has 74 valence electrons. The van der Waals surface area contributed by atoms with E-state index in [9.17, 15) is 0 Å². The van der Waals surface area contributed by atoms with E-state index in [0.29, 0.717) is 10.7 Å². The number of halogens is 3. The Morgan fingerprint density at radius 3 is 2.46 bits per heavy atom. The predicted molar refractivity (Wildman–Crippen MR) is 65.5 cm³/mol. The molecule has 0 spiro atoms. The van der Waals surface area contributed by atoms with Crippen LogP contribution in [0.15, 0.2) is 6.07 Å². The quantitative estimate of drug-likeness (QED) is 0.643. The fourth-order valence-electron chi connectivity index (χ4n) is 1.11. The lowest BCUT2D eigenvalue weighted by molar-refractivity contribution is 0.584. The molecule has 4 heteroatoms. The molecular weight excluding hydrogens is 291 g/mol. The number of rotatable bonds is 3. The molecule has 1 aromatic rings. The highest BCUT2D eigenvalue weighted by Gasteiger charge is 2.15. The molecule has 0 N–H and O–H groups in total. The van der Waals surface area contributed by atoms with Gasteiger partial charge in [-0.1, -0.05) is 53.0 Å². The summed E-state index contributed by atoms with van der Waals surface area (Å²) in [5.41, 5.74) is 1.12. The van der Waals surface area contributed by atoms with Gasteiger partial charge in [0.15, 0.2) is 0 Å². The molecule has 0 radical (unpaired) electrons. The van der Waals surface area contributed by atoms with Gasteiger partial charge in [-0.15, -0.1) is 11.3 Å². The Morgan fingerprint density at radius 1 is 1.46 bits per heavy atom. The van der Waals surface area contributed by atoms with Gasteiger partial charge in [-0.2, -0.15) is 0 Å². The molecule has 0 nitrogen and oxygen atoms in total. The molecular formula is C9H11BrCl2S. The summed E-state index contributed by atoms with van der Waals surface area (Å²) in [6.45, 7) is 4.38. The Hall–Kier alpha value is 0.760. The van der Waals surface area contributed by atoms with E-state index in [0.717, 1.165) is 20.7 Å². The van der Waals surface area contributed by atoms with E-state index in [-0.39, 0.29) is 0 Å². The summed E-state index contributed by atoms with van der Waals surface area (Å²) in [4.78, 5) is 0.323. The van der Waals surface area contributed by atoms with Crippen LogP contribution in [-0.2, 0) is 0 Å². The van der Waals surface area contributed by atoms with Crippen LogP contribution in [0.1, 0.15) is 30.7 Å². The first kappa shape index (κ1) is 11.8. The molecule has 0 aliphatic rings. The maximum absolute atomic E-state index is 6.03. The maximum atomic E-state index is 6.03. The van der Waals surface area contributed by atoms with Gasteiger partial charge in [0.05, 0.1) is 8.67 Å². The van der Waals surface area contributed by atoms with Gasteiger partial charge in [0.25, 0.3) is 0 Å². The minimum absolute atomic E-state index is 0.323. The second-order valence-electron chi connectivity index (χ2n) is 3.38. The molecule has 1 unspecified atom stereocenters. The van der Waals surface area contributed by atoms with Gasteiger partial charge in [0.1, 0.15) is 0 Å². The standard InChI is InChI=1S/C9H11BrCl2S/c1-5(2)3-7(10)6-4-8(11)13-9(6)12/h4-5,7H,3H2,1-2H3. The van der Waals surface area contributed by atoms with E-state index >= 15 is 0 Å². The molecule has 1 aromatic heterocycles. The predicted octanol–water partition coefficient (Wildman–Crippen LogP) is 5.54. The van der Waals surface area contributed by atoms with E-state index in [4.69, 9.17) is 23.2 Å². The zero-order chi connectivity index (χ0) is 10.0. The average molecular weight is 302 g/mol. The molecule has 0 aliphatic heterocycles. The van der Waals surface area contributed by atoms with Crippen LogP contribution in [0.25, 0.3) is 0 Å². The van der Waals surface area contributed by atoms with Crippen molar-refractivity contribution in [3.8, 4) is 0 Å². The molecule has 0 saturated carbocycles. The number of hydrogen-bond acceptors (Lipinski definition) is 1. The second kappa shape index (κ2) is 5.01. The van der Waals surface area contributed by atoms with E-state index in [1.165, 1.54) is 11.3 Å². The van der Waals surface area contributed by atoms with Gasteiger partial charge in [0.2, 0.25) is 0 Å². The van der Waals surface area contributed by atoms with E-state index < -0.39 is 0 Å². The van der Waals surface area contributed by atoms with Crippen LogP contribution in [0.3, 0.4) is 0 Å². The summed E-state index contributed by atoms with van der Waals surface area (Å²) in [6, 6.07) is 1.94. The van der Waals surface area contributed by atoms with Crippen molar-refractivity contribution in [3.05, 3.63) is 20.3 Å². The molecule has 13 heavy (non-hydrogen) atoms. The first-order chi connectivity index (χ1) is 6.00. The molecule has 1 heterocycles. The van der Waals surface area contributed by atoms with Gasteiger partial charge in [0, 0.05) is 4.83 Å². The first-order valence-electron chi connectivity index (χ1n) is 4.09. The minimum atomic E-state index is 0.323. The fourth-order valence-corrected chi connectivity index (χ4v) is 4.08. The number of hydrogen-bond donors (Lipinski definition) is 0. The summed E-state index contributed by atoms with van der Waals surface area (Å²) < 4.78 is 1.56. The van der Waals surface area contributed by atoms with Gasteiger partial charge in [-0.25, -0.2) is 0 Å². The topological polar surface area (TPSA) is 0 Å². The lowest BCUT2D eigenvalue weighted by atomic mass is 10.1. The SMILES string of the molecule is CC(C)CC(Br)c1cc(Cl)sc1Cl. The van der Waals surface area contributed by atoms with Crippen molar-refractivity contribution in [1.29, 1.82) is 0 Å². The summed E-state index contributed by atoms with van der Waals surface area (Å²) in [5.74, 6) is 0.652. The highest BCUT2D eigenvalue weighted by Crippen LogP contribution is 2.40. The van der Waals surface area contributed by atoms with Crippen LogP contribution in [-0.4, -0.2) is 0 Å². The van der Waals surface area contributed by atoms with Crippen molar-refractivity contribution in [2.24, 2.45) is 5.92 Å². The third kappa shape index (κ3) is 3.43. The Balaban J connectivity index is 2.76. The van der Waals surface area contributed by atoms with Gasteiger partial charge in [-0.05, 0) is 24.0 Å². The Morgan fingerprint density at radius 2 is 2.08 bits per heavy atom. The van der Waals surface area contributed by atoms with E-state index in [1.54, 1.807) is 0 Å². The molecule has 0 bridgehead atoms. The summed E-state index contributed by atoms with van der Waals surface area (Å²) in [5, 5.41) is 0. The number of alkyl halides is 1. The van der Waals surface area contributed by atoms with Crippen LogP contribution in [0.2, 0.25) is 8.67 Å². The Bertz CT molecular complexity index is 283. The van der Waals surface area contributed by atoms with Crippen LogP contribution in [0.4, 0.5) is 0 Å². The molecule has 0 saturated heterocycles. The fraction of sp³-hybridized carbons (Fsp3) is 0.556. The Kier molecular flexibility index (Phi) is 4.56. The van der Waals surface area contributed by atoms with Gasteiger partial charge >= 0.3 is 0 Å². The van der Waals surface area contributed by atoms with Gasteiger partial charge in [-0.3, -0.25) is 0 Å². The molecule has 0 aromatic carbocycles. The molecule has 0 aliphatic carbocycles. The van der Waals surface area contributed by atoms with Crippen LogP contribution in [0.5, 0.6) is 0 Å². The lowest BCUT2D eigenvalue weighted by Gasteiger charge is -2.10. The third-order valence-corrected chi connectivity index (χ3v) is 4.08. The zero-order valence-electron chi connectivity index (χ0n) is 7.48. The largest absolute Gasteiger partial charge is 0.111 e. The second-order valence-corrected chi connectivity index (χ2v) is 6.77. The van der Waals surface area contributed by atoms with Crippen LogP contribution in [0, 0.1) is 5.92 Å². The van der Waals surface area contributed by atoms with Gasteiger partial charge < -0.3 is 0 Å². The maximum Gasteiger partial charge on any atom is 0.0987 e.